The van der Waals surface area contributed by atoms with Crippen molar-refractivity contribution in [2.75, 3.05) is 26.2 Å². The third kappa shape index (κ3) is 4.98. The monoisotopic (exact) mass is 212 g/mol. The van der Waals surface area contributed by atoms with Gasteiger partial charge in [-0.2, -0.15) is 0 Å². The Labute approximate surface area is 95.4 Å². The van der Waals surface area contributed by atoms with Crippen molar-refractivity contribution < 1.29 is 0 Å². The molecule has 90 valence electrons. The van der Waals surface area contributed by atoms with Gasteiger partial charge in [0.1, 0.15) is 0 Å². The average molecular weight is 212 g/mol. The van der Waals surface area contributed by atoms with Crippen LogP contribution in [0.1, 0.15) is 40.5 Å². The molecule has 0 bridgehead atoms. The summed E-state index contributed by atoms with van der Waals surface area (Å²) < 4.78 is 0. The lowest BCUT2D eigenvalue weighted by Gasteiger charge is -2.35. The van der Waals surface area contributed by atoms with E-state index in [9.17, 15) is 0 Å². The second kappa shape index (κ2) is 6.49. The van der Waals surface area contributed by atoms with E-state index in [-0.39, 0.29) is 0 Å². The lowest BCUT2D eigenvalue weighted by Crippen LogP contribution is -2.44. The summed E-state index contributed by atoms with van der Waals surface area (Å²) in [6.45, 7) is 14.1. The third-order valence-corrected chi connectivity index (χ3v) is 3.43. The van der Waals surface area contributed by atoms with Crippen LogP contribution in [0.3, 0.4) is 0 Å². The van der Waals surface area contributed by atoms with Crippen molar-refractivity contribution in [1.82, 2.24) is 10.2 Å². The largest absolute Gasteiger partial charge is 0.315 e. The highest BCUT2D eigenvalue weighted by atomic mass is 15.2. The smallest absolute Gasteiger partial charge is 0.0192 e. The van der Waals surface area contributed by atoms with Gasteiger partial charge >= 0.3 is 0 Å². The Morgan fingerprint density at radius 3 is 2.27 bits per heavy atom. The van der Waals surface area contributed by atoms with Crippen molar-refractivity contribution in [3.8, 4) is 0 Å². The molecule has 0 aliphatic carbocycles. The van der Waals surface area contributed by atoms with Crippen LogP contribution in [0, 0.1) is 11.8 Å². The zero-order valence-electron chi connectivity index (χ0n) is 10.9. The quantitative estimate of drug-likeness (QED) is 0.752. The molecule has 0 aromatic heterocycles. The summed E-state index contributed by atoms with van der Waals surface area (Å²) in [4.78, 5) is 2.63. The topological polar surface area (TPSA) is 15.3 Å². The molecule has 1 saturated heterocycles. The third-order valence-electron chi connectivity index (χ3n) is 3.43. The molecule has 1 heterocycles. The van der Waals surface area contributed by atoms with Crippen LogP contribution in [0.2, 0.25) is 0 Å². The molecule has 2 nitrogen and oxygen atoms in total. The van der Waals surface area contributed by atoms with E-state index in [4.69, 9.17) is 0 Å². The van der Waals surface area contributed by atoms with Gasteiger partial charge in [0.15, 0.2) is 0 Å². The predicted octanol–water partition coefficient (Wildman–Crippen LogP) is 2.35. The summed E-state index contributed by atoms with van der Waals surface area (Å²) in [5.74, 6) is 1.70. The van der Waals surface area contributed by atoms with Gasteiger partial charge in [-0.25, -0.2) is 0 Å². The first-order valence-electron chi connectivity index (χ1n) is 6.54. The number of hydrogen-bond donors (Lipinski definition) is 1. The molecule has 0 saturated carbocycles. The molecule has 0 spiro atoms. The highest BCUT2D eigenvalue weighted by Crippen LogP contribution is 2.17. The van der Waals surface area contributed by atoms with Crippen LogP contribution in [0.15, 0.2) is 0 Å². The first kappa shape index (κ1) is 13.0. The molecule has 1 rings (SSSR count). The Bertz CT molecular complexity index is 160. The van der Waals surface area contributed by atoms with E-state index in [2.05, 4.69) is 37.9 Å². The Morgan fingerprint density at radius 1 is 1.13 bits per heavy atom. The van der Waals surface area contributed by atoms with E-state index in [0.717, 1.165) is 24.9 Å². The van der Waals surface area contributed by atoms with Crippen LogP contribution < -0.4 is 5.32 Å². The molecule has 1 N–H and O–H groups in total. The highest BCUT2D eigenvalue weighted by Gasteiger charge is 2.19. The van der Waals surface area contributed by atoms with Gasteiger partial charge in [-0.15, -0.1) is 0 Å². The van der Waals surface area contributed by atoms with Crippen molar-refractivity contribution in [2.24, 2.45) is 11.8 Å². The number of rotatable bonds is 5. The van der Waals surface area contributed by atoms with Crippen molar-refractivity contribution in [1.29, 1.82) is 0 Å². The van der Waals surface area contributed by atoms with E-state index in [1.807, 2.05) is 0 Å². The van der Waals surface area contributed by atoms with Crippen molar-refractivity contribution in [3.05, 3.63) is 0 Å². The molecule has 2 heteroatoms. The second-order valence-electron chi connectivity index (χ2n) is 5.62. The Kier molecular flexibility index (Phi) is 5.62. The van der Waals surface area contributed by atoms with E-state index in [1.165, 1.54) is 25.9 Å². The zero-order valence-corrected chi connectivity index (χ0v) is 10.9. The number of nitrogens with one attached hydrogen (secondary N) is 1. The van der Waals surface area contributed by atoms with E-state index >= 15 is 0 Å². The molecular formula is C13H28N2. The first-order chi connectivity index (χ1) is 7.09. The lowest BCUT2D eigenvalue weighted by molar-refractivity contribution is 0.144. The molecule has 1 aliphatic rings. The van der Waals surface area contributed by atoms with Gasteiger partial charge in [0.05, 0.1) is 0 Å². The minimum atomic E-state index is 0.705. The van der Waals surface area contributed by atoms with E-state index < -0.39 is 0 Å². The fraction of sp³-hybridized carbons (Fsp3) is 1.00. The summed E-state index contributed by atoms with van der Waals surface area (Å²) >= 11 is 0. The lowest BCUT2D eigenvalue weighted by atomic mass is 9.98. The molecular weight excluding hydrogens is 184 g/mol. The summed E-state index contributed by atoms with van der Waals surface area (Å²) in [5.41, 5.74) is 0. The first-order valence-corrected chi connectivity index (χ1v) is 6.54. The van der Waals surface area contributed by atoms with Crippen LogP contribution in [-0.4, -0.2) is 37.1 Å². The summed E-state index contributed by atoms with van der Waals surface area (Å²) in [5, 5.41) is 3.55. The molecule has 1 atom stereocenters. The summed E-state index contributed by atoms with van der Waals surface area (Å²) in [7, 11) is 0. The van der Waals surface area contributed by atoms with Crippen molar-refractivity contribution >= 4 is 0 Å². The molecule has 1 fully saturated rings. The minimum absolute atomic E-state index is 0.705. The maximum atomic E-state index is 3.55. The number of likely N-dealkylation sites (tertiary alicyclic amines) is 1. The molecule has 1 unspecified atom stereocenters. The van der Waals surface area contributed by atoms with Crippen LogP contribution >= 0.6 is 0 Å². The van der Waals surface area contributed by atoms with E-state index in [1.54, 1.807) is 0 Å². The number of hydrogen-bond acceptors (Lipinski definition) is 2. The normalized spacial score (nSPS) is 22.2. The van der Waals surface area contributed by atoms with Crippen LogP contribution in [-0.2, 0) is 0 Å². The highest BCUT2D eigenvalue weighted by molar-refractivity contribution is 4.75. The number of nitrogens with zero attached hydrogens (tertiary/aromatic N) is 1. The molecule has 0 radical (unpaired) electrons. The van der Waals surface area contributed by atoms with Crippen LogP contribution in [0.4, 0.5) is 0 Å². The van der Waals surface area contributed by atoms with Crippen LogP contribution in [0.25, 0.3) is 0 Å². The van der Waals surface area contributed by atoms with Gasteiger partial charge in [-0.1, -0.05) is 20.8 Å². The maximum Gasteiger partial charge on any atom is 0.0192 e. The van der Waals surface area contributed by atoms with Gasteiger partial charge in [-0.3, -0.25) is 4.90 Å². The average Bonchev–Trinajstić information content (AvgIpc) is 2.18. The van der Waals surface area contributed by atoms with Crippen LogP contribution in [0.5, 0.6) is 0 Å². The van der Waals surface area contributed by atoms with E-state index in [0.29, 0.717) is 6.04 Å². The predicted molar refractivity (Wildman–Crippen MR) is 67.1 cm³/mol. The van der Waals surface area contributed by atoms with Crippen molar-refractivity contribution in [3.63, 3.8) is 0 Å². The van der Waals surface area contributed by atoms with Gasteiger partial charge in [0, 0.05) is 12.6 Å². The zero-order chi connectivity index (χ0) is 11.3. The minimum Gasteiger partial charge on any atom is -0.315 e. The Balaban J connectivity index is 2.13. The second-order valence-corrected chi connectivity index (χ2v) is 5.62. The van der Waals surface area contributed by atoms with Gasteiger partial charge in [-0.05, 0) is 51.2 Å². The molecule has 0 aromatic rings. The molecule has 15 heavy (non-hydrogen) atoms. The molecule has 1 aliphatic heterocycles. The molecule has 0 amide bonds. The van der Waals surface area contributed by atoms with Gasteiger partial charge in [0.25, 0.3) is 0 Å². The molecule has 0 aromatic carbocycles. The summed E-state index contributed by atoms with van der Waals surface area (Å²) in [6.07, 6.45) is 2.77. The Morgan fingerprint density at radius 2 is 1.73 bits per heavy atom. The SMILES string of the molecule is CC(C)CNCC(C)N1CCC(C)CC1. The van der Waals surface area contributed by atoms with Crippen molar-refractivity contribution in [2.45, 2.75) is 46.6 Å². The van der Waals surface area contributed by atoms with Gasteiger partial charge < -0.3 is 5.32 Å². The summed E-state index contributed by atoms with van der Waals surface area (Å²) in [6, 6.07) is 0.705. The Hall–Kier alpha value is -0.0800. The number of piperidine rings is 1. The standard InChI is InChI=1S/C13H28N2/c1-11(2)9-14-10-13(4)15-7-5-12(3)6-8-15/h11-14H,5-10H2,1-4H3. The maximum absolute atomic E-state index is 3.55. The van der Waals surface area contributed by atoms with Gasteiger partial charge in [0.2, 0.25) is 0 Å². The fourth-order valence-electron chi connectivity index (χ4n) is 2.18. The fourth-order valence-corrected chi connectivity index (χ4v) is 2.18.